The zero-order chi connectivity index (χ0) is 25.8. The van der Waals surface area contributed by atoms with Crippen LogP contribution in [-0.2, 0) is 25.7 Å². The third kappa shape index (κ3) is 5.13. The van der Waals surface area contributed by atoms with Gasteiger partial charge in [0.1, 0.15) is 6.61 Å². The number of amides is 1. The van der Waals surface area contributed by atoms with E-state index in [4.69, 9.17) is 21.1 Å². The molecule has 192 valence electrons. The Morgan fingerprint density at radius 1 is 1.03 bits per heavy atom. The van der Waals surface area contributed by atoms with Gasteiger partial charge in [0.15, 0.2) is 12.1 Å². The van der Waals surface area contributed by atoms with Gasteiger partial charge in [0.2, 0.25) is 0 Å². The van der Waals surface area contributed by atoms with Crippen molar-refractivity contribution in [3.05, 3.63) is 64.2 Å². The van der Waals surface area contributed by atoms with Crippen LogP contribution >= 0.6 is 11.6 Å². The molecule has 1 aliphatic heterocycles. The standard InChI is InChI=1S/C28H33ClN2O5/c1-3-35-26(33)23-17-22(29)16-20(2)25(23)30-27(34)28(12-9-13-28)31(14-7-8-15-31)18-24(32)36-19-21-10-5-4-6-11-21/h4-6,10-11,16-17H,3,7-9,12-15,18-19H2,1-2H3/p+1. The van der Waals surface area contributed by atoms with E-state index >= 15 is 0 Å². The van der Waals surface area contributed by atoms with Crippen molar-refractivity contribution >= 4 is 35.1 Å². The van der Waals surface area contributed by atoms with Crippen molar-refractivity contribution in [3.63, 3.8) is 0 Å². The van der Waals surface area contributed by atoms with Crippen LogP contribution in [0.2, 0.25) is 5.02 Å². The maximum Gasteiger partial charge on any atom is 0.362 e. The predicted octanol–water partition coefficient (Wildman–Crippen LogP) is 5.04. The van der Waals surface area contributed by atoms with Gasteiger partial charge >= 0.3 is 11.9 Å². The molecule has 1 N–H and O–H groups in total. The number of benzene rings is 2. The second-order valence-corrected chi connectivity index (χ2v) is 10.2. The average molecular weight is 514 g/mol. The van der Waals surface area contributed by atoms with E-state index in [9.17, 15) is 14.4 Å². The van der Waals surface area contributed by atoms with Crippen molar-refractivity contribution in [1.29, 1.82) is 0 Å². The predicted molar refractivity (Wildman–Crippen MR) is 138 cm³/mol. The van der Waals surface area contributed by atoms with Crippen molar-refractivity contribution in [2.75, 3.05) is 31.6 Å². The zero-order valence-corrected chi connectivity index (χ0v) is 21.7. The quantitative estimate of drug-likeness (QED) is 0.375. The van der Waals surface area contributed by atoms with E-state index < -0.39 is 11.5 Å². The summed E-state index contributed by atoms with van der Waals surface area (Å²) >= 11 is 6.21. The van der Waals surface area contributed by atoms with Gasteiger partial charge in [-0.15, -0.1) is 0 Å². The minimum Gasteiger partial charge on any atom is -0.462 e. The number of nitrogens with one attached hydrogen (secondary N) is 1. The fraction of sp³-hybridized carbons (Fsp3) is 0.464. The molecule has 0 atom stereocenters. The van der Waals surface area contributed by atoms with Gasteiger partial charge in [-0.25, -0.2) is 9.59 Å². The Hall–Kier alpha value is -2.90. The molecule has 1 saturated heterocycles. The van der Waals surface area contributed by atoms with Crippen LogP contribution in [0.15, 0.2) is 42.5 Å². The van der Waals surface area contributed by atoms with Crippen LogP contribution in [0.25, 0.3) is 0 Å². The topological polar surface area (TPSA) is 81.7 Å². The highest BCUT2D eigenvalue weighted by Crippen LogP contribution is 2.47. The SMILES string of the molecule is CCOC(=O)c1cc(Cl)cc(C)c1NC(=O)C1([N+]2(CC(=O)OCc3ccccc3)CCCC2)CCC1. The summed E-state index contributed by atoms with van der Waals surface area (Å²) in [5.41, 5.74) is 1.53. The Morgan fingerprint density at radius 3 is 2.33 bits per heavy atom. The number of likely N-dealkylation sites (tertiary alicyclic amines) is 1. The van der Waals surface area contributed by atoms with E-state index in [0.717, 1.165) is 37.9 Å². The van der Waals surface area contributed by atoms with Gasteiger partial charge in [0.05, 0.1) is 30.9 Å². The number of carbonyl (C=O) groups excluding carboxylic acids is 3. The first-order valence-corrected chi connectivity index (χ1v) is 13.0. The summed E-state index contributed by atoms with van der Waals surface area (Å²) < 4.78 is 11.2. The summed E-state index contributed by atoms with van der Waals surface area (Å²) in [5.74, 6) is -0.993. The Kier molecular flexibility index (Phi) is 8.00. The zero-order valence-electron chi connectivity index (χ0n) is 21.0. The lowest BCUT2D eigenvalue weighted by Gasteiger charge is -2.54. The number of nitrogens with zero attached hydrogens (tertiary/aromatic N) is 1. The fourth-order valence-corrected chi connectivity index (χ4v) is 5.92. The lowest BCUT2D eigenvalue weighted by molar-refractivity contribution is -0.955. The van der Waals surface area contributed by atoms with Gasteiger partial charge in [0, 0.05) is 30.7 Å². The van der Waals surface area contributed by atoms with Crippen LogP contribution in [0.3, 0.4) is 0 Å². The van der Waals surface area contributed by atoms with Crippen LogP contribution in [0.4, 0.5) is 5.69 Å². The number of halogens is 1. The van der Waals surface area contributed by atoms with E-state index in [1.807, 2.05) is 30.3 Å². The summed E-state index contributed by atoms with van der Waals surface area (Å²) in [5, 5.41) is 3.45. The average Bonchev–Trinajstić information content (AvgIpc) is 3.28. The molecule has 2 fully saturated rings. The number of ether oxygens (including phenoxy) is 2. The molecular formula is C28H34ClN2O5+. The fourth-order valence-electron chi connectivity index (χ4n) is 5.65. The molecule has 2 aromatic rings. The molecule has 2 aromatic carbocycles. The van der Waals surface area contributed by atoms with Gasteiger partial charge in [-0.2, -0.15) is 0 Å². The van der Waals surface area contributed by atoms with Crippen molar-refractivity contribution in [2.45, 2.75) is 58.1 Å². The molecule has 0 radical (unpaired) electrons. The molecular weight excluding hydrogens is 480 g/mol. The van der Waals surface area contributed by atoms with Gasteiger partial charge in [-0.3, -0.25) is 4.79 Å². The number of quaternary nitrogens is 1. The Bertz CT molecular complexity index is 1120. The molecule has 2 aliphatic rings. The number of carbonyl (C=O) groups is 3. The molecule has 1 aliphatic carbocycles. The third-order valence-electron chi connectivity index (χ3n) is 7.64. The first kappa shape index (κ1) is 26.2. The summed E-state index contributed by atoms with van der Waals surface area (Å²) in [7, 11) is 0. The number of aryl methyl sites for hydroxylation is 1. The molecule has 1 heterocycles. The van der Waals surface area contributed by atoms with Gasteiger partial charge < -0.3 is 19.3 Å². The lowest BCUT2D eigenvalue weighted by atomic mass is 9.72. The summed E-state index contributed by atoms with van der Waals surface area (Å²) in [4.78, 5) is 39.6. The minimum absolute atomic E-state index is 0.157. The van der Waals surface area contributed by atoms with Crippen LogP contribution in [0, 0.1) is 6.92 Å². The molecule has 1 amide bonds. The van der Waals surface area contributed by atoms with E-state index in [-0.39, 0.29) is 37.2 Å². The smallest absolute Gasteiger partial charge is 0.362 e. The Morgan fingerprint density at radius 2 is 1.72 bits per heavy atom. The van der Waals surface area contributed by atoms with Gasteiger partial charge in [0.25, 0.3) is 5.91 Å². The Balaban J connectivity index is 1.57. The van der Waals surface area contributed by atoms with E-state index in [1.165, 1.54) is 6.07 Å². The normalized spacial score (nSPS) is 17.6. The van der Waals surface area contributed by atoms with Crippen molar-refractivity contribution in [2.24, 2.45) is 0 Å². The van der Waals surface area contributed by atoms with E-state index in [2.05, 4.69) is 5.32 Å². The molecule has 0 aromatic heterocycles. The lowest BCUT2D eigenvalue weighted by Crippen LogP contribution is -2.72. The number of hydrogen-bond acceptors (Lipinski definition) is 5. The molecule has 8 heteroatoms. The monoisotopic (exact) mass is 513 g/mol. The summed E-state index contributed by atoms with van der Waals surface area (Å²) in [6.45, 7) is 5.62. The number of rotatable bonds is 9. The maximum absolute atomic E-state index is 14.0. The number of hydrogen-bond donors (Lipinski definition) is 1. The summed E-state index contributed by atoms with van der Waals surface area (Å²) in [6.07, 6.45) is 4.19. The largest absolute Gasteiger partial charge is 0.462 e. The first-order valence-electron chi connectivity index (χ1n) is 12.6. The van der Waals surface area contributed by atoms with Crippen LogP contribution < -0.4 is 5.32 Å². The van der Waals surface area contributed by atoms with Gasteiger partial charge in [-0.05, 0) is 43.5 Å². The van der Waals surface area contributed by atoms with Crippen molar-refractivity contribution < 1.29 is 28.3 Å². The Labute approximate surface area is 217 Å². The van der Waals surface area contributed by atoms with Crippen molar-refractivity contribution in [1.82, 2.24) is 0 Å². The second-order valence-electron chi connectivity index (χ2n) is 9.81. The number of anilines is 1. The molecule has 0 bridgehead atoms. The minimum atomic E-state index is -0.736. The highest BCUT2D eigenvalue weighted by Gasteiger charge is 2.62. The second kappa shape index (κ2) is 11.0. The molecule has 1 saturated carbocycles. The highest BCUT2D eigenvalue weighted by molar-refractivity contribution is 6.31. The van der Waals surface area contributed by atoms with E-state index in [0.29, 0.717) is 33.6 Å². The summed E-state index contributed by atoms with van der Waals surface area (Å²) in [6, 6.07) is 12.8. The number of esters is 2. The third-order valence-corrected chi connectivity index (χ3v) is 7.86. The maximum atomic E-state index is 14.0. The van der Waals surface area contributed by atoms with Crippen molar-refractivity contribution in [3.8, 4) is 0 Å². The highest BCUT2D eigenvalue weighted by atomic mass is 35.5. The van der Waals surface area contributed by atoms with Crippen LogP contribution in [0.1, 0.15) is 60.5 Å². The molecule has 0 unspecified atom stereocenters. The van der Waals surface area contributed by atoms with Crippen LogP contribution in [0.5, 0.6) is 0 Å². The van der Waals surface area contributed by atoms with E-state index in [1.54, 1.807) is 19.9 Å². The van der Waals surface area contributed by atoms with Gasteiger partial charge in [-0.1, -0.05) is 41.9 Å². The molecule has 4 rings (SSSR count). The molecule has 7 nitrogen and oxygen atoms in total. The molecule has 36 heavy (non-hydrogen) atoms. The molecule has 0 spiro atoms. The first-order chi connectivity index (χ1) is 17.3. The van der Waals surface area contributed by atoms with Crippen LogP contribution in [-0.4, -0.2) is 54.1 Å².